The van der Waals surface area contributed by atoms with Crippen LogP contribution in [0, 0.1) is 0 Å². The molecule has 1 fully saturated rings. The van der Waals surface area contributed by atoms with Crippen molar-refractivity contribution in [3.05, 3.63) is 18.1 Å². The van der Waals surface area contributed by atoms with Crippen LogP contribution in [0.15, 0.2) is 12.4 Å². The molecule has 112 valence electrons. The summed E-state index contributed by atoms with van der Waals surface area (Å²) in [6.07, 6.45) is 9.36. The standard InChI is InChI=1S/C14H19N5O2/c1-18-9-10(8-15-18)13-12(14(20)21-2)16-17-19(13)11-6-4-3-5-7-11/h8-9,11H,3-7H2,1-2H3. The Morgan fingerprint density at radius 1 is 1.33 bits per heavy atom. The topological polar surface area (TPSA) is 74.8 Å². The van der Waals surface area contributed by atoms with E-state index in [1.54, 1.807) is 10.9 Å². The van der Waals surface area contributed by atoms with E-state index < -0.39 is 5.97 Å². The molecule has 2 heterocycles. The molecule has 3 rings (SSSR count). The third-order valence-corrected chi connectivity index (χ3v) is 3.97. The number of carbonyl (C=O) groups is 1. The molecular weight excluding hydrogens is 270 g/mol. The van der Waals surface area contributed by atoms with E-state index in [0.29, 0.717) is 11.7 Å². The zero-order chi connectivity index (χ0) is 14.8. The summed E-state index contributed by atoms with van der Waals surface area (Å²) in [5.41, 5.74) is 1.81. The van der Waals surface area contributed by atoms with E-state index in [1.807, 2.05) is 17.9 Å². The molecule has 21 heavy (non-hydrogen) atoms. The largest absolute Gasteiger partial charge is 0.464 e. The quantitative estimate of drug-likeness (QED) is 0.808. The van der Waals surface area contributed by atoms with Crippen molar-refractivity contribution in [2.45, 2.75) is 38.1 Å². The van der Waals surface area contributed by atoms with Crippen molar-refractivity contribution >= 4 is 5.97 Å². The summed E-state index contributed by atoms with van der Waals surface area (Å²) in [4.78, 5) is 11.9. The van der Waals surface area contributed by atoms with E-state index >= 15 is 0 Å². The van der Waals surface area contributed by atoms with Crippen LogP contribution in [0.2, 0.25) is 0 Å². The minimum Gasteiger partial charge on any atom is -0.464 e. The van der Waals surface area contributed by atoms with Gasteiger partial charge in [0.1, 0.15) is 5.69 Å². The lowest BCUT2D eigenvalue weighted by atomic mass is 9.95. The molecule has 0 saturated heterocycles. The molecule has 7 nitrogen and oxygen atoms in total. The Kier molecular flexibility index (Phi) is 3.72. The van der Waals surface area contributed by atoms with Crippen LogP contribution in [0.4, 0.5) is 0 Å². The zero-order valence-corrected chi connectivity index (χ0v) is 12.3. The average Bonchev–Trinajstić information content (AvgIpc) is 3.13. The van der Waals surface area contributed by atoms with Gasteiger partial charge in [-0.25, -0.2) is 9.48 Å². The van der Waals surface area contributed by atoms with Crippen LogP contribution in [0.3, 0.4) is 0 Å². The normalized spacial score (nSPS) is 16.1. The fourth-order valence-corrected chi connectivity index (χ4v) is 2.92. The fraction of sp³-hybridized carbons (Fsp3) is 0.571. The van der Waals surface area contributed by atoms with Gasteiger partial charge < -0.3 is 4.74 Å². The molecule has 0 unspecified atom stereocenters. The van der Waals surface area contributed by atoms with Crippen LogP contribution in [-0.4, -0.2) is 37.9 Å². The molecule has 0 atom stereocenters. The Morgan fingerprint density at radius 3 is 2.71 bits per heavy atom. The van der Waals surface area contributed by atoms with Crippen LogP contribution < -0.4 is 0 Å². The number of ether oxygens (including phenoxy) is 1. The highest BCUT2D eigenvalue weighted by Crippen LogP contribution is 2.32. The summed E-state index contributed by atoms with van der Waals surface area (Å²) in [5.74, 6) is -0.462. The summed E-state index contributed by atoms with van der Waals surface area (Å²) in [6, 6.07) is 0.292. The lowest BCUT2D eigenvalue weighted by molar-refractivity contribution is 0.0595. The minimum absolute atomic E-state index is 0.260. The molecule has 0 bridgehead atoms. The molecule has 1 saturated carbocycles. The number of esters is 1. The molecule has 0 radical (unpaired) electrons. The van der Waals surface area contributed by atoms with Crippen molar-refractivity contribution in [3.63, 3.8) is 0 Å². The molecule has 7 heteroatoms. The van der Waals surface area contributed by atoms with E-state index in [4.69, 9.17) is 4.74 Å². The third-order valence-electron chi connectivity index (χ3n) is 3.97. The predicted molar refractivity (Wildman–Crippen MR) is 75.7 cm³/mol. The third kappa shape index (κ3) is 2.55. The smallest absolute Gasteiger partial charge is 0.360 e. The number of nitrogens with zero attached hydrogens (tertiary/aromatic N) is 5. The molecule has 0 aromatic carbocycles. The van der Waals surface area contributed by atoms with E-state index in [1.165, 1.54) is 26.4 Å². The first kappa shape index (κ1) is 13.8. The number of carbonyl (C=O) groups excluding carboxylic acids is 1. The van der Waals surface area contributed by atoms with Gasteiger partial charge in [0.2, 0.25) is 0 Å². The summed E-state index contributed by atoms with van der Waals surface area (Å²) in [5, 5.41) is 12.5. The fourth-order valence-electron chi connectivity index (χ4n) is 2.92. The van der Waals surface area contributed by atoms with Gasteiger partial charge in [0, 0.05) is 18.8 Å². The van der Waals surface area contributed by atoms with Gasteiger partial charge in [-0.05, 0) is 12.8 Å². The second-order valence-corrected chi connectivity index (χ2v) is 5.42. The second-order valence-electron chi connectivity index (χ2n) is 5.42. The van der Waals surface area contributed by atoms with Gasteiger partial charge in [-0.1, -0.05) is 24.5 Å². The highest BCUT2D eigenvalue weighted by atomic mass is 16.5. The van der Waals surface area contributed by atoms with Gasteiger partial charge in [0.05, 0.1) is 19.3 Å². The van der Waals surface area contributed by atoms with Crippen molar-refractivity contribution in [2.24, 2.45) is 7.05 Å². The van der Waals surface area contributed by atoms with Gasteiger partial charge in [0.25, 0.3) is 0 Å². The predicted octanol–water partition coefficient (Wildman–Crippen LogP) is 1.97. The van der Waals surface area contributed by atoms with E-state index in [9.17, 15) is 4.79 Å². The molecule has 1 aliphatic rings. The lowest BCUT2D eigenvalue weighted by Crippen LogP contribution is -2.16. The number of aryl methyl sites for hydroxylation is 1. The van der Waals surface area contributed by atoms with E-state index in [-0.39, 0.29) is 5.69 Å². The molecule has 0 amide bonds. The highest BCUT2D eigenvalue weighted by Gasteiger charge is 2.27. The van der Waals surface area contributed by atoms with Crippen LogP contribution in [0.5, 0.6) is 0 Å². The molecule has 2 aromatic rings. The number of hydrogen-bond donors (Lipinski definition) is 0. The summed E-state index contributed by atoms with van der Waals surface area (Å²) in [6.45, 7) is 0. The lowest BCUT2D eigenvalue weighted by Gasteiger charge is -2.23. The van der Waals surface area contributed by atoms with Gasteiger partial charge in [-0.2, -0.15) is 5.10 Å². The maximum Gasteiger partial charge on any atom is 0.360 e. The first-order valence-electron chi connectivity index (χ1n) is 7.23. The van der Waals surface area contributed by atoms with Crippen molar-refractivity contribution < 1.29 is 9.53 Å². The monoisotopic (exact) mass is 289 g/mol. The summed E-state index contributed by atoms with van der Waals surface area (Å²) < 4.78 is 8.40. The van der Waals surface area contributed by atoms with E-state index in [0.717, 1.165) is 18.4 Å². The molecule has 0 spiro atoms. The number of methoxy groups -OCH3 is 1. The maximum absolute atomic E-state index is 11.9. The molecule has 0 N–H and O–H groups in total. The van der Waals surface area contributed by atoms with Gasteiger partial charge in [-0.15, -0.1) is 5.10 Å². The molecule has 2 aromatic heterocycles. The van der Waals surface area contributed by atoms with Crippen LogP contribution >= 0.6 is 0 Å². The zero-order valence-electron chi connectivity index (χ0n) is 12.3. The van der Waals surface area contributed by atoms with Crippen LogP contribution in [0.1, 0.15) is 48.6 Å². The summed E-state index contributed by atoms with van der Waals surface area (Å²) >= 11 is 0. The Morgan fingerprint density at radius 2 is 2.10 bits per heavy atom. The van der Waals surface area contributed by atoms with Crippen molar-refractivity contribution in [2.75, 3.05) is 7.11 Å². The van der Waals surface area contributed by atoms with Crippen molar-refractivity contribution in [3.8, 4) is 11.3 Å². The van der Waals surface area contributed by atoms with Gasteiger partial charge in [0.15, 0.2) is 5.69 Å². The van der Waals surface area contributed by atoms with Crippen LogP contribution in [-0.2, 0) is 11.8 Å². The summed E-state index contributed by atoms with van der Waals surface area (Å²) in [7, 11) is 3.20. The van der Waals surface area contributed by atoms with Crippen molar-refractivity contribution in [1.82, 2.24) is 24.8 Å². The average molecular weight is 289 g/mol. The molecule has 0 aliphatic heterocycles. The number of rotatable bonds is 3. The van der Waals surface area contributed by atoms with E-state index in [2.05, 4.69) is 15.4 Å². The minimum atomic E-state index is -0.462. The first-order valence-corrected chi connectivity index (χ1v) is 7.23. The Hall–Kier alpha value is -2.18. The first-order chi connectivity index (χ1) is 10.2. The van der Waals surface area contributed by atoms with Gasteiger partial charge >= 0.3 is 5.97 Å². The Bertz CT molecular complexity index is 640. The highest BCUT2D eigenvalue weighted by molar-refractivity contribution is 5.93. The second kappa shape index (κ2) is 5.67. The SMILES string of the molecule is COC(=O)c1nnn(C2CCCCC2)c1-c1cnn(C)c1. The molecular formula is C14H19N5O2. The maximum atomic E-state index is 11.9. The number of aromatic nitrogens is 5. The van der Waals surface area contributed by atoms with Crippen LogP contribution in [0.25, 0.3) is 11.3 Å². The molecule has 1 aliphatic carbocycles. The van der Waals surface area contributed by atoms with Crippen molar-refractivity contribution in [1.29, 1.82) is 0 Å². The Balaban J connectivity index is 2.07. The number of hydrogen-bond acceptors (Lipinski definition) is 5. The Labute approximate surface area is 122 Å². The van der Waals surface area contributed by atoms with Gasteiger partial charge in [-0.3, -0.25) is 4.68 Å².